The number of rotatable bonds is 6. The van der Waals surface area contributed by atoms with Gasteiger partial charge in [0.25, 0.3) is 0 Å². The Labute approximate surface area is 208 Å². The quantitative estimate of drug-likeness (QED) is 0.532. The average Bonchev–Trinajstić information content (AvgIpc) is 2.70. The summed E-state index contributed by atoms with van der Waals surface area (Å²) in [7, 11) is 1.56. The first-order chi connectivity index (χ1) is 15.7. The highest BCUT2D eigenvalue weighted by Crippen LogP contribution is 2.30. The molecule has 2 rings (SSSR count). The van der Waals surface area contributed by atoms with Gasteiger partial charge in [-0.15, -0.1) is 0 Å². The van der Waals surface area contributed by atoms with E-state index in [1.54, 1.807) is 23.0 Å². The van der Waals surface area contributed by atoms with Crippen LogP contribution in [0, 0.1) is 5.92 Å². The van der Waals surface area contributed by atoms with Crippen LogP contribution in [0.3, 0.4) is 0 Å². The van der Waals surface area contributed by atoms with Crippen molar-refractivity contribution in [1.82, 2.24) is 9.80 Å². The van der Waals surface area contributed by atoms with Crippen molar-refractivity contribution >= 4 is 29.5 Å². The summed E-state index contributed by atoms with van der Waals surface area (Å²) in [6, 6.07) is 3.48. The molecule has 34 heavy (non-hydrogen) atoms. The predicted molar refractivity (Wildman–Crippen MR) is 134 cm³/mol. The lowest BCUT2D eigenvalue weighted by molar-refractivity contribution is 0.00990. The third kappa shape index (κ3) is 8.78. The van der Waals surface area contributed by atoms with Crippen LogP contribution >= 0.6 is 11.6 Å². The molecule has 1 aromatic carbocycles. The second kappa shape index (κ2) is 11.4. The summed E-state index contributed by atoms with van der Waals surface area (Å²) in [4.78, 5) is 28.8. The van der Waals surface area contributed by atoms with E-state index in [4.69, 9.17) is 31.5 Å². The molecular formula is C25H40ClN3O5. The summed E-state index contributed by atoms with van der Waals surface area (Å²) in [6.45, 7) is 13.3. The SMILES string of the molecule is COc1cc(CCN(CC2CCN(C(=O)OC(C)(C)C)CC2)C(=O)OC(C)(C)C)c(Cl)cc1N. The summed E-state index contributed by atoms with van der Waals surface area (Å²) in [5, 5.41) is 0.535. The second-order valence-electron chi connectivity index (χ2n) is 10.8. The van der Waals surface area contributed by atoms with Crippen molar-refractivity contribution in [3.63, 3.8) is 0 Å². The van der Waals surface area contributed by atoms with Crippen LogP contribution in [0.15, 0.2) is 12.1 Å². The molecule has 0 aromatic heterocycles. The number of piperidine rings is 1. The molecule has 1 fully saturated rings. The van der Waals surface area contributed by atoms with Gasteiger partial charge >= 0.3 is 12.2 Å². The van der Waals surface area contributed by atoms with Gasteiger partial charge in [0, 0.05) is 31.2 Å². The van der Waals surface area contributed by atoms with E-state index < -0.39 is 11.2 Å². The van der Waals surface area contributed by atoms with Gasteiger partial charge < -0.3 is 29.7 Å². The first-order valence-corrected chi connectivity index (χ1v) is 12.1. The number of hydrogen-bond donors (Lipinski definition) is 1. The molecule has 2 amide bonds. The van der Waals surface area contributed by atoms with E-state index in [1.165, 1.54) is 0 Å². The molecule has 2 N–H and O–H groups in total. The standard InChI is InChI=1S/C25H40ClN3O5/c1-24(2,3)33-22(30)28-11-8-17(9-12-28)16-29(23(31)34-25(4,5)6)13-10-18-14-21(32-7)20(27)15-19(18)26/h14-15,17H,8-13,16,27H2,1-7H3. The first-order valence-electron chi connectivity index (χ1n) is 11.8. The van der Waals surface area contributed by atoms with E-state index in [9.17, 15) is 9.59 Å². The molecule has 0 bridgehead atoms. The van der Waals surface area contributed by atoms with Crippen molar-refractivity contribution in [2.75, 3.05) is 39.0 Å². The summed E-state index contributed by atoms with van der Waals surface area (Å²) in [6.07, 6.45) is 1.46. The fourth-order valence-electron chi connectivity index (χ4n) is 3.75. The molecule has 1 heterocycles. The minimum atomic E-state index is -0.600. The van der Waals surface area contributed by atoms with Crippen molar-refractivity contribution < 1.29 is 23.8 Å². The summed E-state index contributed by atoms with van der Waals surface area (Å²) < 4.78 is 16.5. The van der Waals surface area contributed by atoms with E-state index in [1.807, 2.05) is 47.6 Å². The molecule has 0 radical (unpaired) electrons. The molecule has 8 nitrogen and oxygen atoms in total. The highest BCUT2D eigenvalue weighted by molar-refractivity contribution is 6.31. The van der Waals surface area contributed by atoms with Crippen molar-refractivity contribution in [3.8, 4) is 5.75 Å². The minimum Gasteiger partial charge on any atom is -0.495 e. The van der Waals surface area contributed by atoms with Crippen LogP contribution in [0.5, 0.6) is 5.75 Å². The second-order valence-corrected chi connectivity index (χ2v) is 11.2. The van der Waals surface area contributed by atoms with Crippen molar-refractivity contribution in [1.29, 1.82) is 0 Å². The van der Waals surface area contributed by atoms with E-state index in [0.29, 0.717) is 49.1 Å². The lowest BCUT2D eigenvalue weighted by atomic mass is 9.96. The van der Waals surface area contributed by atoms with Crippen LogP contribution in [0.1, 0.15) is 59.9 Å². The number of halogens is 1. The van der Waals surface area contributed by atoms with Gasteiger partial charge in [-0.2, -0.15) is 0 Å². The fraction of sp³-hybridized carbons (Fsp3) is 0.680. The number of nitrogens with zero attached hydrogens (tertiary/aromatic N) is 2. The van der Waals surface area contributed by atoms with Crippen LogP contribution in [-0.4, -0.2) is 66.5 Å². The molecule has 192 valence electrons. The molecular weight excluding hydrogens is 458 g/mol. The number of amides is 2. The zero-order valence-corrected chi connectivity index (χ0v) is 22.3. The summed E-state index contributed by atoms with van der Waals surface area (Å²) in [5.74, 6) is 0.806. The van der Waals surface area contributed by atoms with Crippen LogP contribution in [0.25, 0.3) is 0 Å². The Kier molecular flexibility index (Phi) is 9.34. The van der Waals surface area contributed by atoms with Crippen LogP contribution in [-0.2, 0) is 15.9 Å². The molecule has 1 aliphatic rings. The Morgan fingerprint density at radius 2 is 1.68 bits per heavy atom. The Morgan fingerprint density at radius 1 is 1.09 bits per heavy atom. The van der Waals surface area contributed by atoms with E-state index in [0.717, 1.165) is 18.4 Å². The zero-order chi connectivity index (χ0) is 25.7. The van der Waals surface area contributed by atoms with E-state index in [-0.39, 0.29) is 18.1 Å². The van der Waals surface area contributed by atoms with Crippen molar-refractivity contribution in [2.24, 2.45) is 5.92 Å². The van der Waals surface area contributed by atoms with Gasteiger partial charge in [0.15, 0.2) is 0 Å². The maximum Gasteiger partial charge on any atom is 0.410 e. The van der Waals surface area contributed by atoms with Gasteiger partial charge in [0.1, 0.15) is 17.0 Å². The van der Waals surface area contributed by atoms with Crippen molar-refractivity contribution in [2.45, 2.75) is 72.0 Å². The molecule has 1 saturated heterocycles. The van der Waals surface area contributed by atoms with Crippen molar-refractivity contribution in [3.05, 3.63) is 22.7 Å². The number of anilines is 1. The number of ether oxygens (including phenoxy) is 3. The van der Waals surface area contributed by atoms with Crippen LogP contribution in [0.2, 0.25) is 5.02 Å². The maximum absolute atomic E-state index is 13.0. The topological polar surface area (TPSA) is 94.3 Å². The number of methoxy groups -OCH3 is 1. The Bertz CT molecular complexity index is 855. The number of nitrogens with two attached hydrogens (primary N) is 1. The smallest absolute Gasteiger partial charge is 0.410 e. The highest BCUT2D eigenvalue weighted by Gasteiger charge is 2.30. The Morgan fingerprint density at radius 3 is 2.21 bits per heavy atom. The summed E-state index contributed by atoms with van der Waals surface area (Å²) >= 11 is 6.39. The monoisotopic (exact) mass is 497 g/mol. The van der Waals surface area contributed by atoms with Gasteiger partial charge in [-0.05, 0) is 84.4 Å². The molecule has 1 aromatic rings. The molecule has 1 aliphatic heterocycles. The number of carbonyl (C=O) groups excluding carboxylic acids is 2. The van der Waals surface area contributed by atoms with Gasteiger partial charge in [0.2, 0.25) is 0 Å². The first kappa shape index (κ1) is 27.9. The zero-order valence-electron chi connectivity index (χ0n) is 21.6. The molecule has 0 unspecified atom stereocenters. The van der Waals surface area contributed by atoms with Crippen LogP contribution in [0.4, 0.5) is 15.3 Å². The predicted octanol–water partition coefficient (Wildman–Crippen LogP) is 5.36. The maximum atomic E-state index is 13.0. The van der Waals surface area contributed by atoms with Gasteiger partial charge in [-0.3, -0.25) is 0 Å². The third-order valence-corrected chi connectivity index (χ3v) is 5.80. The lowest BCUT2D eigenvalue weighted by Crippen LogP contribution is -2.45. The van der Waals surface area contributed by atoms with Gasteiger partial charge in [-0.25, -0.2) is 9.59 Å². The number of carbonyl (C=O) groups is 2. The Balaban J connectivity index is 2.05. The van der Waals surface area contributed by atoms with Gasteiger partial charge in [0.05, 0.1) is 12.8 Å². The molecule has 0 saturated carbocycles. The number of hydrogen-bond acceptors (Lipinski definition) is 6. The molecule has 9 heteroatoms. The van der Waals surface area contributed by atoms with E-state index in [2.05, 4.69) is 0 Å². The Hall–Kier alpha value is -2.35. The normalized spacial score (nSPS) is 15.1. The lowest BCUT2D eigenvalue weighted by Gasteiger charge is -2.36. The molecule has 0 spiro atoms. The largest absolute Gasteiger partial charge is 0.495 e. The molecule has 0 aliphatic carbocycles. The summed E-state index contributed by atoms with van der Waals surface area (Å²) in [5.41, 5.74) is 6.13. The van der Waals surface area contributed by atoms with Crippen LogP contribution < -0.4 is 10.5 Å². The highest BCUT2D eigenvalue weighted by atomic mass is 35.5. The number of likely N-dealkylation sites (tertiary alicyclic amines) is 1. The molecule has 0 atom stereocenters. The number of nitrogen functional groups attached to an aromatic ring is 1. The minimum absolute atomic E-state index is 0.252. The third-order valence-electron chi connectivity index (χ3n) is 5.45. The average molecular weight is 498 g/mol. The fourth-order valence-corrected chi connectivity index (χ4v) is 4.02. The van der Waals surface area contributed by atoms with E-state index >= 15 is 0 Å². The van der Waals surface area contributed by atoms with Gasteiger partial charge in [-0.1, -0.05) is 11.6 Å². The number of benzene rings is 1.